The van der Waals surface area contributed by atoms with E-state index in [0.29, 0.717) is 10.2 Å². The lowest BCUT2D eigenvalue weighted by Gasteiger charge is -2.12. The molecule has 1 aromatic carbocycles. The number of halogens is 2. The lowest BCUT2D eigenvalue weighted by molar-refractivity contribution is 0.0905. The largest absolute Gasteiger partial charge is 0.459 e. The molecule has 0 aliphatic carbocycles. The summed E-state index contributed by atoms with van der Waals surface area (Å²) in [5.41, 5.74) is -0.131. The van der Waals surface area contributed by atoms with Gasteiger partial charge in [0.05, 0.1) is 6.26 Å². The van der Waals surface area contributed by atoms with Gasteiger partial charge in [-0.05, 0) is 37.3 Å². The molecule has 0 aliphatic heterocycles. The van der Waals surface area contributed by atoms with E-state index in [1.54, 1.807) is 19.1 Å². The molecular formula is C15H10BrFN2O3. The first-order valence-electron chi connectivity index (χ1n) is 6.34. The van der Waals surface area contributed by atoms with Gasteiger partial charge in [0.25, 0.3) is 5.56 Å². The molecule has 0 unspecified atom stereocenters. The normalized spacial score (nSPS) is 10.9. The van der Waals surface area contributed by atoms with Gasteiger partial charge in [-0.2, -0.15) is 0 Å². The van der Waals surface area contributed by atoms with Gasteiger partial charge in [-0.3, -0.25) is 9.59 Å². The minimum atomic E-state index is -0.622. The van der Waals surface area contributed by atoms with Crippen LogP contribution in [0.3, 0.4) is 0 Å². The highest BCUT2D eigenvalue weighted by Crippen LogP contribution is 2.19. The number of aryl methyl sites for hydroxylation is 1. The number of rotatable bonds is 2. The number of aromatic nitrogens is 2. The molecule has 2 heterocycles. The van der Waals surface area contributed by atoms with Crippen LogP contribution in [0.1, 0.15) is 16.2 Å². The summed E-state index contributed by atoms with van der Waals surface area (Å²) in [4.78, 5) is 24.6. The van der Waals surface area contributed by atoms with E-state index >= 15 is 0 Å². The molecule has 112 valence electrons. The second-order valence-electron chi connectivity index (χ2n) is 4.63. The van der Waals surface area contributed by atoms with Crippen LogP contribution in [0.25, 0.3) is 5.69 Å². The molecule has 5 nitrogen and oxygen atoms in total. The van der Waals surface area contributed by atoms with Crippen LogP contribution in [0.4, 0.5) is 4.39 Å². The maximum atomic E-state index is 14.2. The number of hydrogen-bond donors (Lipinski definition) is 0. The van der Waals surface area contributed by atoms with Gasteiger partial charge in [0.2, 0.25) is 0 Å². The lowest BCUT2D eigenvalue weighted by Crippen LogP contribution is -2.27. The molecule has 3 aromatic rings. The smallest absolute Gasteiger partial charge is 0.312 e. The highest BCUT2D eigenvalue weighted by Gasteiger charge is 2.21. The Balaban J connectivity index is 2.25. The van der Waals surface area contributed by atoms with Crippen molar-refractivity contribution in [2.75, 3.05) is 0 Å². The second kappa shape index (κ2) is 5.42. The van der Waals surface area contributed by atoms with Crippen molar-refractivity contribution in [3.05, 3.63) is 74.8 Å². The highest BCUT2D eigenvalue weighted by molar-refractivity contribution is 9.10. The van der Waals surface area contributed by atoms with Gasteiger partial charge in [-0.25, -0.2) is 13.8 Å². The number of nitrogens with zero attached hydrogens (tertiary/aromatic N) is 2. The number of benzene rings is 1. The molecular weight excluding hydrogens is 355 g/mol. The first-order valence-corrected chi connectivity index (χ1v) is 7.13. The number of furan rings is 1. The highest BCUT2D eigenvalue weighted by atomic mass is 79.9. The monoisotopic (exact) mass is 364 g/mol. The van der Waals surface area contributed by atoms with Crippen LogP contribution < -0.4 is 5.56 Å². The van der Waals surface area contributed by atoms with Gasteiger partial charge in [0.1, 0.15) is 11.5 Å². The molecule has 0 bridgehead atoms. The second-order valence-corrected chi connectivity index (χ2v) is 5.54. The molecule has 0 aliphatic rings. The van der Waals surface area contributed by atoms with E-state index in [4.69, 9.17) is 4.42 Å². The molecule has 2 aromatic heterocycles. The van der Waals surface area contributed by atoms with E-state index < -0.39 is 17.3 Å². The molecule has 0 fully saturated rings. The molecule has 22 heavy (non-hydrogen) atoms. The Kier molecular flexibility index (Phi) is 3.58. The van der Waals surface area contributed by atoms with E-state index in [0.717, 1.165) is 9.36 Å². The SMILES string of the molecule is Cc1cc(=O)n(-c2ccc(Br)cc2F)n1C(=O)c1ccco1. The van der Waals surface area contributed by atoms with Gasteiger partial charge < -0.3 is 4.42 Å². The van der Waals surface area contributed by atoms with E-state index in [1.165, 1.54) is 30.5 Å². The molecule has 0 radical (unpaired) electrons. The van der Waals surface area contributed by atoms with E-state index in [9.17, 15) is 14.0 Å². The van der Waals surface area contributed by atoms with Crippen LogP contribution in [0, 0.1) is 12.7 Å². The summed E-state index contributed by atoms with van der Waals surface area (Å²) in [7, 11) is 0. The standard InChI is InChI=1S/C15H10BrFN2O3/c1-9-7-14(20)19(12-5-4-10(16)8-11(12)17)18(9)15(21)13-3-2-6-22-13/h2-8H,1H3. The Hall–Kier alpha value is -2.41. The zero-order chi connectivity index (χ0) is 15.9. The fraction of sp³-hybridized carbons (Fsp3) is 0.0667. The Bertz CT molecular complexity index is 910. The van der Waals surface area contributed by atoms with Crippen LogP contribution in [0.5, 0.6) is 0 Å². The van der Waals surface area contributed by atoms with Crippen LogP contribution >= 0.6 is 15.9 Å². The predicted molar refractivity (Wildman–Crippen MR) is 80.9 cm³/mol. The minimum Gasteiger partial charge on any atom is -0.459 e. The van der Waals surface area contributed by atoms with Crippen molar-refractivity contribution >= 4 is 21.8 Å². The zero-order valence-electron chi connectivity index (χ0n) is 11.4. The van der Waals surface area contributed by atoms with Gasteiger partial charge in [0.15, 0.2) is 5.76 Å². The molecule has 7 heteroatoms. The van der Waals surface area contributed by atoms with Crippen molar-refractivity contribution in [3.8, 4) is 5.69 Å². The molecule has 0 atom stereocenters. The third-order valence-corrected chi connectivity index (χ3v) is 3.63. The summed E-state index contributed by atoms with van der Waals surface area (Å²) in [5.74, 6) is -1.11. The third kappa shape index (κ3) is 2.33. The van der Waals surface area contributed by atoms with Crippen molar-refractivity contribution in [1.29, 1.82) is 0 Å². The third-order valence-electron chi connectivity index (χ3n) is 3.14. The van der Waals surface area contributed by atoms with Crippen molar-refractivity contribution in [3.63, 3.8) is 0 Å². The Morgan fingerprint density at radius 2 is 2.05 bits per heavy atom. The molecule has 0 saturated carbocycles. The molecule has 0 saturated heterocycles. The summed E-state index contributed by atoms with van der Waals surface area (Å²) < 4.78 is 21.9. The Morgan fingerprint density at radius 1 is 1.27 bits per heavy atom. The number of carbonyl (C=O) groups is 1. The minimum absolute atomic E-state index is 0.0128. The first kappa shape index (κ1) is 14.5. The molecule has 0 amide bonds. The van der Waals surface area contributed by atoms with Crippen LogP contribution in [-0.4, -0.2) is 15.3 Å². The van der Waals surface area contributed by atoms with Crippen molar-refractivity contribution in [2.45, 2.75) is 6.92 Å². The maximum Gasteiger partial charge on any atom is 0.312 e. The summed E-state index contributed by atoms with van der Waals surface area (Å²) in [5, 5.41) is 0. The zero-order valence-corrected chi connectivity index (χ0v) is 13.0. The van der Waals surface area contributed by atoms with Crippen LogP contribution in [0.2, 0.25) is 0 Å². The summed E-state index contributed by atoms with van der Waals surface area (Å²) in [6, 6.07) is 8.55. The fourth-order valence-corrected chi connectivity index (χ4v) is 2.53. The van der Waals surface area contributed by atoms with Gasteiger partial charge in [-0.1, -0.05) is 15.9 Å². The Labute approximate surface area is 132 Å². The molecule has 0 spiro atoms. The van der Waals surface area contributed by atoms with Crippen LogP contribution in [0.15, 0.2) is 56.3 Å². The van der Waals surface area contributed by atoms with Crippen molar-refractivity contribution < 1.29 is 13.6 Å². The average molecular weight is 365 g/mol. The van der Waals surface area contributed by atoms with Crippen LogP contribution in [-0.2, 0) is 0 Å². The topological polar surface area (TPSA) is 57.1 Å². The fourth-order valence-electron chi connectivity index (χ4n) is 2.19. The van der Waals surface area contributed by atoms with E-state index in [2.05, 4.69) is 15.9 Å². The van der Waals surface area contributed by atoms with Gasteiger partial charge in [-0.15, -0.1) is 0 Å². The number of hydrogen-bond acceptors (Lipinski definition) is 3. The van der Waals surface area contributed by atoms with Crippen molar-refractivity contribution in [1.82, 2.24) is 9.36 Å². The van der Waals surface area contributed by atoms with Gasteiger partial charge >= 0.3 is 5.91 Å². The predicted octanol–water partition coefficient (Wildman–Crippen LogP) is 3.13. The lowest BCUT2D eigenvalue weighted by atomic mass is 10.3. The maximum absolute atomic E-state index is 14.2. The quantitative estimate of drug-likeness (QED) is 0.701. The average Bonchev–Trinajstić information content (AvgIpc) is 3.07. The Morgan fingerprint density at radius 3 is 2.68 bits per heavy atom. The molecule has 3 rings (SSSR count). The summed E-state index contributed by atoms with van der Waals surface area (Å²) in [6.45, 7) is 1.59. The summed E-state index contributed by atoms with van der Waals surface area (Å²) in [6.07, 6.45) is 1.36. The first-order chi connectivity index (χ1) is 10.5. The van der Waals surface area contributed by atoms with E-state index in [1.807, 2.05) is 0 Å². The van der Waals surface area contributed by atoms with E-state index in [-0.39, 0.29) is 11.4 Å². The summed E-state index contributed by atoms with van der Waals surface area (Å²) >= 11 is 3.16. The number of carbonyl (C=O) groups excluding carboxylic acids is 1. The van der Waals surface area contributed by atoms with Gasteiger partial charge in [0, 0.05) is 16.2 Å². The molecule has 0 N–H and O–H groups in total. The van der Waals surface area contributed by atoms with Crippen molar-refractivity contribution in [2.24, 2.45) is 0 Å².